The smallest absolute Gasteiger partial charge is 0.433 e. The molecular weight excluding hydrogens is 576 g/mol. The standard InChI is InChI=1S/C25H25F8NO3S.H3NO/c1-3-4-6-14(2)11-17(20-13-34-21(38-20)23(35,24(28,29)30)25(31,32)33)15-9-10-18(37-22(26)27)19(12-15)36-16-7-5-8-16;1-2/h3-4,6,9-10,12-13,16-17,22,35H,5,7-8,11H2,1-2H3;2H,1H2/b4-3-,14-6+;. The maximum absolute atomic E-state index is 13.4. The average molecular weight is 605 g/mol. The van der Waals surface area contributed by atoms with Gasteiger partial charge >= 0.3 is 24.6 Å². The minimum atomic E-state index is -6.07. The monoisotopic (exact) mass is 604 g/mol. The fourth-order valence-electron chi connectivity index (χ4n) is 3.75. The van der Waals surface area contributed by atoms with Crippen LogP contribution in [-0.4, -0.2) is 40.4 Å². The molecule has 1 aliphatic carbocycles. The van der Waals surface area contributed by atoms with Crippen LogP contribution in [0.5, 0.6) is 11.5 Å². The lowest BCUT2D eigenvalue weighted by Gasteiger charge is -2.30. The fourth-order valence-corrected chi connectivity index (χ4v) is 4.92. The lowest BCUT2D eigenvalue weighted by molar-refractivity contribution is -0.376. The summed E-state index contributed by atoms with van der Waals surface area (Å²) in [5.41, 5.74) is -4.07. The van der Waals surface area contributed by atoms with E-state index in [9.17, 15) is 40.2 Å². The maximum Gasteiger partial charge on any atom is 0.433 e. The minimum Gasteiger partial charge on any atom is -0.487 e. The van der Waals surface area contributed by atoms with E-state index in [1.165, 1.54) is 18.2 Å². The molecule has 0 saturated heterocycles. The Morgan fingerprint density at radius 3 is 2.25 bits per heavy atom. The summed E-state index contributed by atoms with van der Waals surface area (Å²) in [7, 11) is 0. The molecule has 1 aromatic carbocycles. The van der Waals surface area contributed by atoms with E-state index in [1.54, 1.807) is 32.1 Å². The Kier molecular flexibility index (Phi) is 11.5. The van der Waals surface area contributed by atoms with Crippen LogP contribution in [0, 0.1) is 0 Å². The molecule has 0 aliphatic heterocycles. The number of halogens is 8. The molecule has 0 spiro atoms. The summed E-state index contributed by atoms with van der Waals surface area (Å²) < 4.78 is 117. The quantitative estimate of drug-likeness (QED) is 0.149. The van der Waals surface area contributed by atoms with Crippen molar-refractivity contribution in [1.29, 1.82) is 0 Å². The zero-order chi connectivity index (χ0) is 30.3. The first-order valence-electron chi connectivity index (χ1n) is 11.8. The summed E-state index contributed by atoms with van der Waals surface area (Å²) in [6.45, 7) is 0.340. The average Bonchev–Trinajstić information content (AvgIpc) is 3.33. The lowest BCUT2D eigenvalue weighted by atomic mass is 9.90. The van der Waals surface area contributed by atoms with Crippen molar-refractivity contribution in [3.63, 3.8) is 0 Å². The van der Waals surface area contributed by atoms with Gasteiger partial charge in [0, 0.05) is 17.0 Å². The molecule has 1 fully saturated rings. The molecule has 0 bridgehead atoms. The van der Waals surface area contributed by atoms with E-state index >= 15 is 0 Å². The lowest BCUT2D eigenvalue weighted by Crippen LogP contribution is -2.53. The van der Waals surface area contributed by atoms with Gasteiger partial charge in [0.1, 0.15) is 5.01 Å². The van der Waals surface area contributed by atoms with Crippen molar-refractivity contribution in [3.8, 4) is 11.5 Å². The second-order valence-electron chi connectivity index (χ2n) is 8.82. The number of ether oxygens (including phenoxy) is 2. The first kappa shape index (κ1) is 33.5. The summed E-state index contributed by atoms with van der Waals surface area (Å²) >= 11 is 0.0742. The normalized spacial score (nSPS) is 16.0. The first-order valence-corrected chi connectivity index (χ1v) is 12.6. The van der Waals surface area contributed by atoms with Crippen LogP contribution in [0.4, 0.5) is 35.1 Å². The number of benzene rings is 1. The van der Waals surface area contributed by atoms with Gasteiger partial charge < -0.3 is 19.8 Å². The van der Waals surface area contributed by atoms with E-state index in [4.69, 9.17) is 9.94 Å². The van der Waals surface area contributed by atoms with Crippen molar-refractivity contribution in [2.24, 2.45) is 5.90 Å². The Bertz CT molecular complexity index is 1150. The number of aliphatic hydroxyl groups is 1. The Labute approximate surface area is 228 Å². The highest BCUT2D eigenvalue weighted by Gasteiger charge is 2.73. The van der Waals surface area contributed by atoms with Gasteiger partial charge in [0.05, 0.1) is 6.10 Å². The SMILES string of the molecule is C/C=C\C=C(/C)CC(c1ccc(OC(F)F)c(OC2CCC2)c1)c1cnc(C(O)(C(F)(F)F)C(F)(F)F)s1.NO. The van der Waals surface area contributed by atoms with Crippen molar-refractivity contribution in [2.75, 3.05) is 0 Å². The molecule has 1 saturated carbocycles. The molecule has 1 aromatic heterocycles. The number of alkyl halides is 8. The number of hydrogen-bond donors (Lipinski definition) is 3. The van der Waals surface area contributed by atoms with Crippen LogP contribution in [0.3, 0.4) is 0 Å². The Hall–Kier alpha value is -2.75. The van der Waals surface area contributed by atoms with E-state index < -0.39 is 35.5 Å². The van der Waals surface area contributed by atoms with Gasteiger partial charge in [-0.1, -0.05) is 29.9 Å². The molecule has 1 aliphatic rings. The van der Waals surface area contributed by atoms with Crippen LogP contribution in [0.25, 0.3) is 0 Å². The van der Waals surface area contributed by atoms with Crippen molar-refractivity contribution in [1.82, 2.24) is 4.98 Å². The van der Waals surface area contributed by atoms with E-state index in [1.807, 2.05) is 0 Å². The molecule has 3 rings (SSSR count). The Morgan fingerprint density at radius 1 is 1.12 bits per heavy atom. The molecule has 15 heteroatoms. The predicted molar refractivity (Wildman–Crippen MR) is 130 cm³/mol. The van der Waals surface area contributed by atoms with Crippen molar-refractivity contribution in [3.05, 3.63) is 63.6 Å². The zero-order valence-electron chi connectivity index (χ0n) is 21.3. The molecule has 6 nitrogen and oxygen atoms in total. The number of rotatable bonds is 10. The number of aromatic nitrogens is 1. The van der Waals surface area contributed by atoms with Crippen LogP contribution in [0.1, 0.15) is 60.9 Å². The third-order valence-corrected chi connectivity index (χ3v) is 7.25. The van der Waals surface area contributed by atoms with Gasteiger partial charge in [-0.05, 0) is 57.2 Å². The largest absolute Gasteiger partial charge is 0.487 e. The number of allylic oxidation sites excluding steroid dienone is 4. The summed E-state index contributed by atoms with van der Waals surface area (Å²) in [6, 6.07) is 4.00. The van der Waals surface area contributed by atoms with Gasteiger partial charge in [0.25, 0.3) is 0 Å². The Morgan fingerprint density at radius 2 is 1.75 bits per heavy atom. The second-order valence-corrected chi connectivity index (χ2v) is 9.89. The predicted octanol–water partition coefficient (Wildman–Crippen LogP) is 7.37. The van der Waals surface area contributed by atoms with Crippen LogP contribution < -0.4 is 15.4 Å². The Balaban J connectivity index is 0.00000274. The van der Waals surface area contributed by atoms with E-state index in [-0.39, 0.29) is 40.2 Å². The van der Waals surface area contributed by atoms with Crippen LogP contribution in [0.15, 0.2) is 48.2 Å². The molecule has 4 N–H and O–H groups in total. The molecule has 40 heavy (non-hydrogen) atoms. The van der Waals surface area contributed by atoms with Gasteiger partial charge in [-0.2, -0.15) is 35.1 Å². The molecule has 224 valence electrons. The number of nitrogens with zero attached hydrogens (tertiary/aromatic N) is 1. The summed E-state index contributed by atoms with van der Waals surface area (Å²) in [6.07, 6.45) is -3.95. The van der Waals surface area contributed by atoms with Gasteiger partial charge in [0.2, 0.25) is 0 Å². The highest BCUT2D eigenvalue weighted by Crippen LogP contribution is 2.52. The third kappa shape index (κ3) is 7.71. The van der Waals surface area contributed by atoms with Crippen molar-refractivity contribution >= 4 is 11.3 Å². The van der Waals surface area contributed by atoms with Gasteiger partial charge in [-0.3, -0.25) is 0 Å². The maximum atomic E-state index is 13.4. The van der Waals surface area contributed by atoms with Crippen LogP contribution >= 0.6 is 11.3 Å². The summed E-state index contributed by atoms with van der Waals surface area (Å²) in [5.74, 6) is 2.40. The van der Waals surface area contributed by atoms with Gasteiger partial charge in [-0.25, -0.2) is 10.9 Å². The topological polar surface area (TPSA) is 97.8 Å². The van der Waals surface area contributed by atoms with E-state index in [2.05, 4.69) is 15.6 Å². The highest BCUT2D eigenvalue weighted by atomic mass is 32.1. The molecule has 1 atom stereocenters. The third-order valence-electron chi connectivity index (χ3n) is 6.03. The van der Waals surface area contributed by atoms with Crippen molar-refractivity contribution < 1.29 is 54.9 Å². The molecule has 0 amide bonds. The zero-order valence-corrected chi connectivity index (χ0v) is 22.1. The number of hydrogen-bond acceptors (Lipinski definition) is 7. The number of nitrogens with two attached hydrogens (primary N) is 1. The molecule has 1 unspecified atom stereocenters. The van der Waals surface area contributed by atoms with Crippen LogP contribution in [0.2, 0.25) is 0 Å². The molecule has 1 heterocycles. The van der Waals surface area contributed by atoms with E-state index in [0.717, 1.165) is 18.2 Å². The van der Waals surface area contributed by atoms with Gasteiger partial charge in [-0.15, -0.1) is 11.3 Å². The molecular formula is C25H28F8N2O4S. The number of thiazole rings is 1. The van der Waals surface area contributed by atoms with E-state index in [0.29, 0.717) is 18.4 Å². The second kappa shape index (κ2) is 13.7. The van der Waals surface area contributed by atoms with Gasteiger partial charge in [0.15, 0.2) is 11.5 Å². The highest BCUT2D eigenvalue weighted by molar-refractivity contribution is 7.11. The first-order chi connectivity index (χ1) is 18.7. The molecule has 2 aromatic rings. The fraction of sp³-hybridized carbons (Fsp3) is 0.480. The minimum absolute atomic E-state index is 0.00252. The molecule has 0 radical (unpaired) electrons. The van der Waals surface area contributed by atoms with Crippen LogP contribution in [-0.2, 0) is 5.60 Å². The summed E-state index contributed by atoms with van der Waals surface area (Å²) in [5, 5.41) is 14.7. The van der Waals surface area contributed by atoms with Crippen molar-refractivity contribution in [2.45, 2.75) is 76.1 Å². The summed E-state index contributed by atoms with van der Waals surface area (Å²) in [4.78, 5) is 3.32.